The highest BCUT2D eigenvalue weighted by atomic mass is 35.5. The van der Waals surface area contributed by atoms with E-state index < -0.39 is 0 Å². The Morgan fingerprint density at radius 1 is 1.30 bits per heavy atom. The van der Waals surface area contributed by atoms with Crippen molar-refractivity contribution in [3.63, 3.8) is 0 Å². The molecule has 0 fully saturated rings. The molecule has 1 unspecified atom stereocenters. The summed E-state index contributed by atoms with van der Waals surface area (Å²) >= 11 is 12.1. The summed E-state index contributed by atoms with van der Waals surface area (Å²) in [6.07, 6.45) is 5.44. The molecular weight excluding hydrogens is 293 g/mol. The maximum atomic E-state index is 6.03. The van der Waals surface area contributed by atoms with E-state index in [1.54, 1.807) is 6.07 Å². The summed E-state index contributed by atoms with van der Waals surface area (Å²) in [7, 11) is 2.01. The first-order valence-electron chi connectivity index (χ1n) is 6.82. The van der Waals surface area contributed by atoms with Crippen molar-refractivity contribution in [3.05, 3.63) is 51.3 Å². The summed E-state index contributed by atoms with van der Waals surface area (Å²) < 4.78 is 1.99. The Balaban J connectivity index is 1.73. The molecule has 5 heteroatoms. The molecule has 1 N–H and O–H groups in total. The molecule has 0 saturated carbocycles. The van der Waals surface area contributed by atoms with Crippen LogP contribution in [0.2, 0.25) is 10.0 Å². The number of nitrogens with zero attached hydrogens (tertiary/aromatic N) is 2. The molecule has 1 aliphatic rings. The normalized spacial score (nSPS) is 18.1. The Kier molecular flexibility index (Phi) is 4.01. The summed E-state index contributed by atoms with van der Waals surface area (Å²) in [6, 6.07) is 6.03. The van der Waals surface area contributed by atoms with Crippen molar-refractivity contribution in [1.29, 1.82) is 0 Å². The van der Waals surface area contributed by atoms with Gasteiger partial charge in [-0.3, -0.25) is 4.68 Å². The van der Waals surface area contributed by atoms with Gasteiger partial charge in [-0.05, 0) is 43.0 Å². The Morgan fingerprint density at radius 3 is 2.80 bits per heavy atom. The summed E-state index contributed by atoms with van der Waals surface area (Å²) in [6.45, 7) is 0.763. The molecule has 1 aliphatic carbocycles. The van der Waals surface area contributed by atoms with Crippen LogP contribution in [-0.2, 0) is 20.0 Å². The minimum absolute atomic E-state index is 0.366. The molecule has 20 heavy (non-hydrogen) atoms. The van der Waals surface area contributed by atoms with Gasteiger partial charge in [0.2, 0.25) is 0 Å². The maximum Gasteiger partial charge on any atom is 0.0540 e. The molecule has 0 radical (unpaired) electrons. The molecule has 1 aromatic carbocycles. The van der Waals surface area contributed by atoms with Crippen molar-refractivity contribution < 1.29 is 0 Å². The van der Waals surface area contributed by atoms with Crippen LogP contribution >= 0.6 is 23.2 Å². The van der Waals surface area contributed by atoms with E-state index in [2.05, 4.69) is 10.4 Å². The molecule has 1 aromatic heterocycles. The fourth-order valence-electron chi connectivity index (χ4n) is 2.87. The first-order chi connectivity index (χ1) is 9.63. The monoisotopic (exact) mass is 309 g/mol. The third-order valence-electron chi connectivity index (χ3n) is 3.85. The highest BCUT2D eigenvalue weighted by molar-refractivity contribution is 6.34. The number of hydrogen-bond donors (Lipinski definition) is 1. The number of fused-ring (bicyclic) bond motifs is 1. The number of halogens is 2. The van der Waals surface area contributed by atoms with E-state index in [-0.39, 0.29) is 0 Å². The number of benzene rings is 1. The molecule has 0 aliphatic heterocycles. The van der Waals surface area contributed by atoms with Crippen molar-refractivity contribution in [2.45, 2.75) is 31.8 Å². The van der Waals surface area contributed by atoms with E-state index in [4.69, 9.17) is 23.2 Å². The van der Waals surface area contributed by atoms with Crippen LogP contribution in [0.4, 0.5) is 0 Å². The Morgan fingerprint density at radius 2 is 2.05 bits per heavy atom. The second kappa shape index (κ2) is 5.76. The van der Waals surface area contributed by atoms with Gasteiger partial charge in [0.1, 0.15) is 0 Å². The van der Waals surface area contributed by atoms with Gasteiger partial charge in [-0.2, -0.15) is 5.10 Å². The van der Waals surface area contributed by atoms with Crippen LogP contribution in [0.3, 0.4) is 0 Å². The quantitative estimate of drug-likeness (QED) is 0.932. The first-order valence-corrected chi connectivity index (χ1v) is 7.58. The van der Waals surface area contributed by atoms with Gasteiger partial charge in [0, 0.05) is 40.9 Å². The predicted octanol–water partition coefficient (Wildman–Crippen LogP) is 3.89. The molecule has 0 amide bonds. The van der Waals surface area contributed by atoms with Crippen LogP contribution in [0.25, 0.3) is 0 Å². The second-order valence-electron chi connectivity index (χ2n) is 5.27. The lowest BCUT2D eigenvalue weighted by Crippen LogP contribution is -2.24. The van der Waals surface area contributed by atoms with Gasteiger partial charge in [0.05, 0.1) is 6.20 Å². The van der Waals surface area contributed by atoms with Crippen LogP contribution in [0.15, 0.2) is 24.4 Å². The lowest BCUT2D eigenvalue weighted by Gasteiger charge is -2.24. The zero-order chi connectivity index (χ0) is 14.1. The van der Waals surface area contributed by atoms with E-state index in [1.807, 2.05) is 30.1 Å². The Hall–Kier alpha value is -1.03. The largest absolute Gasteiger partial charge is 0.306 e. The van der Waals surface area contributed by atoms with Crippen molar-refractivity contribution in [2.75, 3.05) is 0 Å². The third-order valence-corrected chi connectivity index (χ3v) is 4.29. The van der Waals surface area contributed by atoms with E-state index in [0.29, 0.717) is 16.1 Å². The average Bonchev–Trinajstić information content (AvgIpc) is 2.78. The topological polar surface area (TPSA) is 29.9 Å². The lowest BCUT2D eigenvalue weighted by atomic mass is 9.93. The van der Waals surface area contributed by atoms with Crippen LogP contribution in [0, 0.1) is 0 Å². The maximum absolute atomic E-state index is 6.03. The molecule has 0 bridgehead atoms. The van der Waals surface area contributed by atoms with Gasteiger partial charge in [-0.1, -0.05) is 23.2 Å². The number of aromatic nitrogens is 2. The Labute approximate surface area is 128 Å². The predicted molar refractivity (Wildman–Crippen MR) is 82.2 cm³/mol. The van der Waals surface area contributed by atoms with Crippen molar-refractivity contribution in [2.24, 2.45) is 7.05 Å². The van der Waals surface area contributed by atoms with Gasteiger partial charge in [0.15, 0.2) is 0 Å². The lowest BCUT2D eigenvalue weighted by molar-refractivity contribution is 0.452. The molecule has 0 saturated heterocycles. The fourth-order valence-corrected chi connectivity index (χ4v) is 3.44. The third kappa shape index (κ3) is 2.85. The van der Waals surface area contributed by atoms with Crippen LogP contribution in [0.5, 0.6) is 0 Å². The van der Waals surface area contributed by atoms with Gasteiger partial charge in [-0.15, -0.1) is 0 Å². The smallest absolute Gasteiger partial charge is 0.0540 e. The Bertz CT molecular complexity index is 601. The SMILES string of the molecule is Cn1ncc2c1CCCC2NCc1cc(Cl)cc(Cl)c1. The molecule has 3 nitrogen and oxygen atoms in total. The summed E-state index contributed by atoms with van der Waals surface area (Å²) in [5, 5.41) is 9.32. The molecule has 2 aromatic rings. The highest BCUT2D eigenvalue weighted by Crippen LogP contribution is 2.29. The minimum atomic E-state index is 0.366. The van der Waals surface area contributed by atoms with Crippen LogP contribution in [0.1, 0.15) is 35.7 Å². The highest BCUT2D eigenvalue weighted by Gasteiger charge is 2.22. The van der Waals surface area contributed by atoms with Crippen molar-refractivity contribution in [1.82, 2.24) is 15.1 Å². The second-order valence-corrected chi connectivity index (χ2v) is 6.15. The van der Waals surface area contributed by atoms with Crippen LogP contribution in [-0.4, -0.2) is 9.78 Å². The minimum Gasteiger partial charge on any atom is -0.306 e. The summed E-state index contributed by atoms with van der Waals surface area (Å²) in [5.41, 5.74) is 3.78. The van der Waals surface area contributed by atoms with Gasteiger partial charge in [0.25, 0.3) is 0 Å². The van der Waals surface area contributed by atoms with Gasteiger partial charge in [-0.25, -0.2) is 0 Å². The molecule has 1 atom stereocenters. The fraction of sp³-hybridized carbons (Fsp3) is 0.400. The van der Waals surface area contributed by atoms with E-state index in [0.717, 1.165) is 24.9 Å². The molecule has 1 heterocycles. The standard InChI is InChI=1S/C15H17Cl2N3/c1-20-15-4-2-3-14(13(15)9-19-20)18-8-10-5-11(16)7-12(17)6-10/h5-7,9,14,18H,2-4,8H2,1H3. The van der Waals surface area contributed by atoms with Gasteiger partial charge >= 0.3 is 0 Å². The van der Waals surface area contributed by atoms with E-state index in [9.17, 15) is 0 Å². The van der Waals surface area contributed by atoms with Crippen LogP contribution < -0.4 is 5.32 Å². The molecule has 0 spiro atoms. The van der Waals surface area contributed by atoms with Crippen molar-refractivity contribution in [3.8, 4) is 0 Å². The van der Waals surface area contributed by atoms with E-state index in [1.165, 1.54) is 17.7 Å². The average molecular weight is 310 g/mol. The summed E-state index contributed by atoms with van der Waals surface area (Å²) in [5.74, 6) is 0. The summed E-state index contributed by atoms with van der Waals surface area (Å²) in [4.78, 5) is 0. The molecular formula is C15H17Cl2N3. The number of aryl methyl sites for hydroxylation is 1. The number of hydrogen-bond acceptors (Lipinski definition) is 2. The van der Waals surface area contributed by atoms with Gasteiger partial charge < -0.3 is 5.32 Å². The zero-order valence-corrected chi connectivity index (χ0v) is 12.9. The molecule has 106 valence electrons. The zero-order valence-electron chi connectivity index (χ0n) is 11.4. The van der Waals surface area contributed by atoms with Crippen molar-refractivity contribution >= 4 is 23.2 Å². The van der Waals surface area contributed by atoms with E-state index >= 15 is 0 Å². The first kappa shape index (κ1) is 13.9. The molecule has 3 rings (SSSR count). The number of nitrogens with one attached hydrogen (secondary N) is 1. The number of rotatable bonds is 3.